The van der Waals surface area contributed by atoms with E-state index in [0.29, 0.717) is 24.5 Å². The monoisotopic (exact) mass is 396 g/mol. The van der Waals surface area contributed by atoms with Gasteiger partial charge in [0, 0.05) is 13.1 Å². The zero-order chi connectivity index (χ0) is 20.4. The number of sulfonamides is 1. The first-order valence-electron chi connectivity index (χ1n) is 9.47. The molecule has 0 aliphatic carbocycles. The Labute approximate surface area is 163 Å². The summed E-state index contributed by atoms with van der Waals surface area (Å²) >= 11 is 0. The molecule has 2 rings (SSSR count). The summed E-state index contributed by atoms with van der Waals surface area (Å²) in [5.74, 6) is -0.775. The highest BCUT2D eigenvalue weighted by Gasteiger charge is 2.32. The lowest BCUT2D eigenvalue weighted by Gasteiger charge is -2.33. The number of hydrogen-bond donors (Lipinski definition) is 2. The van der Waals surface area contributed by atoms with Crippen LogP contribution < -0.4 is 5.32 Å². The molecule has 1 aliphatic heterocycles. The Hall–Kier alpha value is -1.44. The van der Waals surface area contributed by atoms with Crippen molar-refractivity contribution in [2.75, 3.05) is 26.2 Å². The van der Waals surface area contributed by atoms with Crippen molar-refractivity contribution in [3.05, 3.63) is 28.8 Å². The predicted octanol–water partition coefficient (Wildman–Crippen LogP) is 2.68. The van der Waals surface area contributed by atoms with Crippen LogP contribution in [0.25, 0.3) is 0 Å². The first-order valence-corrected chi connectivity index (χ1v) is 10.9. The normalized spacial score (nSPS) is 19.2. The molecule has 1 saturated heterocycles. The second-order valence-corrected chi connectivity index (χ2v) is 10.5. The molecule has 1 aromatic carbocycles. The number of aliphatic carboxylic acids is 1. The maximum Gasteiger partial charge on any atom is 0.317 e. The van der Waals surface area contributed by atoms with Gasteiger partial charge in [-0.3, -0.25) is 4.79 Å². The minimum atomic E-state index is -3.57. The molecule has 0 spiro atoms. The minimum Gasteiger partial charge on any atom is -0.480 e. The molecular formula is C20H32N2O4S. The van der Waals surface area contributed by atoms with E-state index >= 15 is 0 Å². The molecule has 1 atom stereocenters. The van der Waals surface area contributed by atoms with Crippen LogP contribution in [0.3, 0.4) is 0 Å². The Bertz CT molecular complexity index is 774. The molecule has 0 saturated carbocycles. The number of benzene rings is 1. The lowest BCUT2D eigenvalue weighted by molar-refractivity contribution is -0.136. The number of aryl methyl sites for hydroxylation is 2. The summed E-state index contributed by atoms with van der Waals surface area (Å²) in [6.07, 6.45) is 1.69. The van der Waals surface area contributed by atoms with Crippen LogP contribution in [-0.4, -0.2) is 50.0 Å². The zero-order valence-corrected chi connectivity index (χ0v) is 17.8. The highest BCUT2D eigenvalue weighted by Crippen LogP contribution is 2.32. The third-order valence-corrected chi connectivity index (χ3v) is 7.29. The zero-order valence-electron chi connectivity index (χ0n) is 17.0. The van der Waals surface area contributed by atoms with Gasteiger partial charge in [0.15, 0.2) is 0 Å². The van der Waals surface area contributed by atoms with E-state index in [0.717, 1.165) is 29.5 Å². The van der Waals surface area contributed by atoms with E-state index in [2.05, 4.69) is 26.1 Å². The fourth-order valence-electron chi connectivity index (χ4n) is 3.71. The lowest BCUT2D eigenvalue weighted by atomic mass is 9.85. The van der Waals surface area contributed by atoms with E-state index in [1.54, 1.807) is 4.31 Å². The molecule has 2 N–H and O–H groups in total. The van der Waals surface area contributed by atoms with Crippen LogP contribution in [0.4, 0.5) is 0 Å². The van der Waals surface area contributed by atoms with Crippen LogP contribution in [0, 0.1) is 19.8 Å². The number of nitrogens with zero attached hydrogens (tertiary/aromatic N) is 1. The number of carboxylic acids is 1. The van der Waals surface area contributed by atoms with Crippen molar-refractivity contribution in [3.8, 4) is 0 Å². The SMILES string of the molecule is Cc1cc(C(C)(C)C)cc(C)c1S(=O)(=O)N1CCCC(CNCC(=O)O)C1. The van der Waals surface area contributed by atoms with E-state index in [4.69, 9.17) is 5.11 Å². The average molecular weight is 397 g/mol. The summed E-state index contributed by atoms with van der Waals surface area (Å²) in [5.41, 5.74) is 2.66. The summed E-state index contributed by atoms with van der Waals surface area (Å²) in [7, 11) is -3.57. The first kappa shape index (κ1) is 21.9. The van der Waals surface area contributed by atoms with Crippen molar-refractivity contribution in [1.82, 2.24) is 9.62 Å². The largest absolute Gasteiger partial charge is 0.480 e. The number of rotatable bonds is 6. The summed E-state index contributed by atoms with van der Waals surface area (Å²) < 4.78 is 28.2. The Morgan fingerprint density at radius 3 is 2.37 bits per heavy atom. The van der Waals surface area contributed by atoms with Crippen molar-refractivity contribution in [2.45, 2.75) is 57.8 Å². The molecule has 0 radical (unpaired) electrons. The van der Waals surface area contributed by atoms with E-state index in [1.807, 2.05) is 26.0 Å². The van der Waals surface area contributed by atoms with E-state index in [9.17, 15) is 13.2 Å². The van der Waals surface area contributed by atoms with Crippen molar-refractivity contribution in [3.63, 3.8) is 0 Å². The minimum absolute atomic E-state index is 0.0379. The highest BCUT2D eigenvalue weighted by molar-refractivity contribution is 7.89. The van der Waals surface area contributed by atoms with Crippen molar-refractivity contribution in [2.24, 2.45) is 5.92 Å². The Balaban J connectivity index is 2.23. The van der Waals surface area contributed by atoms with E-state index in [-0.39, 0.29) is 17.9 Å². The first-order chi connectivity index (χ1) is 12.4. The van der Waals surface area contributed by atoms with Crippen LogP contribution in [-0.2, 0) is 20.2 Å². The van der Waals surface area contributed by atoms with Crippen LogP contribution in [0.5, 0.6) is 0 Å². The number of hydrogen-bond acceptors (Lipinski definition) is 4. The molecule has 7 heteroatoms. The standard InChI is InChI=1S/C20H32N2O4S/c1-14-9-17(20(3,4)5)10-15(2)19(14)27(25,26)22-8-6-7-16(13-22)11-21-12-18(23)24/h9-10,16,21H,6-8,11-13H2,1-5H3,(H,23,24). The van der Waals surface area contributed by atoms with Gasteiger partial charge in [0.05, 0.1) is 11.4 Å². The van der Waals surface area contributed by atoms with Gasteiger partial charge in [-0.25, -0.2) is 8.42 Å². The fraction of sp³-hybridized carbons (Fsp3) is 0.650. The fourth-order valence-corrected chi connectivity index (χ4v) is 5.68. The molecule has 1 heterocycles. The third-order valence-electron chi connectivity index (χ3n) is 5.12. The Morgan fingerprint density at radius 1 is 1.26 bits per heavy atom. The predicted molar refractivity (Wildman–Crippen MR) is 107 cm³/mol. The van der Waals surface area contributed by atoms with E-state index < -0.39 is 16.0 Å². The van der Waals surface area contributed by atoms with Crippen molar-refractivity contribution in [1.29, 1.82) is 0 Å². The van der Waals surface area contributed by atoms with Gasteiger partial charge >= 0.3 is 5.97 Å². The van der Waals surface area contributed by atoms with Gasteiger partial charge in [-0.15, -0.1) is 0 Å². The summed E-state index contributed by atoms with van der Waals surface area (Å²) in [6.45, 7) is 11.4. The van der Waals surface area contributed by atoms with Gasteiger partial charge in [-0.2, -0.15) is 4.31 Å². The van der Waals surface area contributed by atoms with Gasteiger partial charge in [0.2, 0.25) is 10.0 Å². The maximum atomic E-state index is 13.3. The van der Waals surface area contributed by atoms with Crippen LogP contribution in [0.1, 0.15) is 50.3 Å². The molecule has 0 bridgehead atoms. The molecule has 1 unspecified atom stereocenters. The Kier molecular flexibility index (Phi) is 6.71. The number of carboxylic acid groups (broad SMARTS) is 1. The second-order valence-electron chi connectivity index (χ2n) is 8.59. The van der Waals surface area contributed by atoms with Gasteiger partial charge in [-0.05, 0) is 61.3 Å². The quantitative estimate of drug-likeness (QED) is 0.772. The van der Waals surface area contributed by atoms with Gasteiger partial charge < -0.3 is 10.4 Å². The van der Waals surface area contributed by atoms with Gasteiger partial charge in [0.25, 0.3) is 0 Å². The van der Waals surface area contributed by atoms with Crippen LogP contribution in [0.15, 0.2) is 17.0 Å². The lowest BCUT2D eigenvalue weighted by Crippen LogP contribution is -2.43. The molecular weight excluding hydrogens is 364 g/mol. The number of carbonyl (C=O) groups is 1. The van der Waals surface area contributed by atoms with Gasteiger partial charge in [0.1, 0.15) is 0 Å². The third kappa shape index (κ3) is 5.30. The molecule has 27 heavy (non-hydrogen) atoms. The smallest absolute Gasteiger partial charge is 0.317 e. The van der Waals surface area contributed by atoms with Crippen molar-refractivity contribution < 1.29 is 18.3 Å². The van der Waals surface area contributed by atoms with Crippen molar-refractivity contribution >= 4 is 16.0 Å². The number of piperidine rings is 1. The molecule has 1 fully saturated rings. The molecule has 6 nitrogen and oxygen atoms in total. The van der Waals surface area contributed by atoms with Crippen LogP contribution >= 0.6 is 0 Å². The Morgan fingerprint density at radius 2 is 1.85 bits per heavy atom. The van der Waals surface area contributed by atoms with Crippen LogP contribution in [0.2, 0.25) is 0 Å². The summed E-state index contributed by atoms with van der Waals surface area (Å²) in [5, 5.41) is 11.6. The molecule has 1 aliphatic rings. The second kappa shape index (κ2) is 8.29. The topological polar surface area (TPSA) is 86.7 Å². The average Bonchev–Trinajstić information content (AvgIpc) is 2.53. The molecule has 1 aromatic rings. The van der Waals surface area contributed by atoms with E-state index in [1.165, 1.54) is 0 Å². The highest BCUT2D eigenvalue weighted by atomic mass is 32.2. The number of nitrogens with one attached hydrogen (secondary N) is 1. The summed E-state index contributed by atoms with van der Waals surface area (Å²) in [4.78, 5) is 11.1. The van der Waals surface area contributed by atoms with Gasteiger partial charge in [-0.1, -0.05) is 32.9 Å². The molecule has 152 valence electrons. The maximum absolute atomic E-state index is 13.3. The molecule has 0 amide bonds. The molecule has 0 aromatic heterocycles. The summed E-state index contributed by atoms with van der Waals surface area (Å²) in [6, 6.07) is 3.96.